The Morgan fingerprint density at radius 1 is 1.26 bits per heavy atom. The van der Waals surface area contributed by atoms with Crippen LogP contribution < -0.4 is 5.73 Å². The van der Waals surface area contributed by atoms with Crippen molar-refractivity contribution in [1.82, 2.24) is 4.90 Å². The number of nitrogens with zero attached hydrogens (tertiary/aromatic N) is 1. The first kappa shape index (κ1) is 18.1. The summed E-state index contributed by atoms with van der Waals surface area (Å²) in [7, 11) is 1.27. The second kappa shape index (κ2) is 7.53. The summed E-state index contributed by atoms with van der Waals surface area (Å²) in [5.41, 5.74) is 5.78. The molecular formula is C15H24N2O5S. The molecule has 0 aromatic carbocycles. The van der Waals surface area contributed by atoms with E-state index in [2.05, 4.69) is 12.6 Å². The number of methoxy groups -OCH3 is 1. The molecule has 3 N–H and O–H groups in total. The Bertz CT molecular complexity index is 466. The van der Waals surface area contributed by atoms with Gasteiger partial charge in [-0.05, 0) is 37.5 Å². The van der Waals surface area contributed by atoms with Crippen LogP contribution in [0.15, 0.2) is 0 Å². The van der Waals surface area contributed by atoms with Gasteiger partial charge < -0.3 is 20.5 Å². The number of amides is 1. The summed E-state index contributed by atoms with van der Waals surface area (Å²) < 4.78 is 4.81. The molecule has 130 valence electrons. The highest BCUT2D eigenvalue weighted by molar-refractivity contribution is 7.80. The Morgan fingerprint density at radius 3 is 2.13 bits per heavy atom. The summed E-state index contributed by atoms with van der Waals surface area (Å²) in [5.74, 6) is -1.34. The van der Waals surface area contributed by atoms with Crippen LogP contribution in [0.3, 0.4) is 0 Å². The second-order valence-electron chi connectivity index (χ2n) is 6.34. The topological polar surface area (TPSA) is 110 Å². The van der Waals surface area contributed by atoms with E-state index in [1.54, 1.807) is 0 Å². The zero-order chi connectivity index (χ0) is 17.1. The standard InChI is InChI=1S/C15H24N2O5S/c1-22-15(21)11(7-23)17(14(20)10(16)6-12(18)19)13(8-2-3-8)9-4-5-9/h8-11,13,23H,2-7,16H2,1H3,(H,18,19)/t10-,11-/m0/s1. The van der Waals surface area contributed by atoms with Gasteiger partial charge in [-0.2, -0.15) is 12.6 Å². The predicted molar refractivity (Wildman–Crippen MR) is 86.0 cm³/mol. The molecule has 0 unspecified atom stereocenters. The first-order valence-electron chi connectivity index (χ1n) is 7.88. The fourth-order valence-corrected chi connectivity index (χ4v) is 3.43. The fraction of sp³-hybridized carbons (Fsp3) is 0.800. The minimum Gasteiger partial charge on any atom is -0.481 e. The fourth-order valence-electron chi connectivity index (χ4n) is 3.10. The SMILES string of the molecule is COC(=O)[C@H](CS)N(C(=O)[C@@H](N)CC(=O)O)C(C1CC1)C1CC1. The van der Waals surface area contributed by atoms with Crippen molar-refractivity contribution in [3.8, 4) is 0 Å². The summed E-state index contributed by atoms with van der Waals surface area (Å²) in [6, 6.07) is -2.07. The molecule has 0 bridgehead atoms. The number of thiol groups is 1. The molecular weight excluding hydrogens is 320 g/mol. The van der Waals surface area contributed by atoms with Gasteiger partial charge in [0, 0.05) is 11.8 Å². The van der Waals surface area contributed by atoms with Gasteiger partial charge in [0.2, 0.25) is 5.91 Å². The van der Waals surface area contributed by atoms with Gasteiger partial charge in [0.15, 0.2) is 0 Å². The molecule has 0 radical (unpaired) electrons. The van der Waals surface area contributed by atoms with E-state index in [4.69, 9.17) is 15.6 Å². The lowest BCUT2D eigenvalue weighted by molar-refractivity contribution is -0.156. The van der Waals surface area contributed by atoms with E-state index in [1.807, 2.05) is 0 Å². The van der Waals surface area contributed by atoms with Crippen molar-refractivity contribution in [3.63, 3.8) is 0 Å². The number of rotatable bonds is 9. The quantitative estimate of drug-likeness (QED) is 0.409. The van der Waals surface area contributed by atoms with E-state index in [1.165, 1.54) is 12.0 Å². The molecule has 23 heavy (non-hydrogen) atoms. The van der Waals surface area contributed by atoms with Crippen LogP contribution in [0.4, 0.5) is 0 Å². The van der Waals surface area contributed by atoms with Crippen LogP contribution in [-0.2, 0) is 19.1 Å². The zero-order valence-electron chi connectivity index (χ0n) is 13.2. The first-order chi connectivity index (χ1) is 10.9. The van der Waals surface area contributed by atoms with Gasteiger partial charge >= 0.3 is 11.9 Å². The van der Waals surface area contributed by atoms with E-state index < -0.39 is 36.4 Å². The lowest BCUT2D eigenvalue weighted by Crippen LogP contribution is -2.58. The highest BCUT2D eigenvalue weighted by Gasteiger charge is 2.50. The second-order valence-corrected chi connectivity index (χ2v) is 6.70. The summed E-state index contributed by atoms with van der Waals surface area (Å²) >= 11 is 4.20. The Morgan fingerprint density at radius 2 is 1.78 bits per heavy atom. The van der Waals surface area contributed by atoms with Crippen molar-refractivity contribution in [2.75, 3.05) is 12.9 Å². The number of hydrogen-bond donors (Lipinski definition) is 3. The van der Waals surface area contributed by atoms with E-state index in [-0.39, 0.29) is 11.8 Å². The summed E-state index contributed by atoms with van der Waals surface area (Å²) in [6.45, 7) is 0. The van der Waals surface area contributed by atoms with Gasteiger partial charge in [-0.3, -0.25) is 9.59 Å². The van der Waals surface area contributed by atoms with Crippen LogP contribution in [0.25, 0.3) is 0 Å². The minimum atomic E-state index is -1.17. The number of carbonyl (C=O) groups excluding carboxylic acids is 2. The van der Waals surface area contributed by atoms with Crippen molar-refractivity contribution in [1.29, 1.82) is 0 Å². The monoisotopic (exact) mass is 344 g/mol. The average Bonchev–Trinajstić information content (AvgIpc) is 3.37. The molecule has 2 fully saturated rings. The number of nitrogens with two attached hydrogens (primary N) is 1. The van der Waals surface area contributed by atoms with Gasteiger partial charge in [0.05, 0.1) is 19.6 Å². The number of hydrogen-bond acceptors (Lipinski definition) is 6. The molecule has 2 saturated carbocycles. The van der Waals surface area contributed by atoms with E-state index in [9.17, 15) is 14.4 Å². The first-order valence-corrected chi connectivity index (χ1v) is 8.52. The third kappa shape index (κ3) is 4.38. The van der Waals surface area contributed by atoms with Gasteiger partial charge in [-0.1, -0.05) is 0 Å². The smallest absolute Gasteiger partial charge is 0.329 e. The van der Waals surface area contributed by atoms with Crippen LogP contribution in [-0.4, -0.2) is 58.8 Å². The van der Waals surface area contributed by atoms with E-state index in [0.717, 1.165) is 25.7 Å². The van der Waals surface area contributed by atoms with Crippen molar-refractivity contribution in [2.24, 2.45) is 17.6 Å². The lowest BCUT2D eigenvalue weighted by atomic mass is 10.0. The van der Waals surface area contributed by atoms with E-state index >= 15 is 0 Å². The average molecular weight is 344 g/mol. The normalized spacial score (nSPS) is 20.0. The number of carbonyl (C=O) groups is 3. The highest BCUT2D eigenvalue weighted by Crippen LogP contribution is 2.48. The van der Waals surface area contributed by atoms with Crippen LogP contribution in [0, 0.1) is 11.8 Å². The predicted octanol–water partition coefficient (Wildman–Crippen LogP) is 0.277. The molecule has 0 aromatic rings. The molecule has 2 aliphatic rings. The molecule has 0 aromatic heterocycles. The molecule has 0 saturated heterocycles. The van der Waals surface area contributed by atoms with E-state index in [0.29, 0.717) is 11.8 Å². The summed E-state index contributed by atoms with van der Waals surface area (Å²) in [4.78, 5) is 37.3. The maximum absolute atomic E-state index is 12.8. The number of carboxylic acid groups (broad SMARTS) is 1. The van der Waals surface area contributed by atoms with Gasteiger partial charge in [-0.25, -0.2) is 4.79 Å². The molecule has 1 amide bonds. The number of aliphatic carboxylic acids is 1. The Hall–Kier alpha value is -1.28. The molecule has 8 heteroatoms. The van der Waals surface area contributed by atoms with Gasteiger partial charge in [0.1, 0.15) is 6.04 Å². The van der Waals surface area contributed by atoms with Gasteiger partial charge in [0.25, 0.3) is 0 Å². The van der Waals surface area contributed by atoms with Crippen LogP contribution >= 0.6 is 12.6 Å². The highest BCUT2D eigenvalue weighted by atomic mass is 32.1. The molecule has 0 heterocycles. The maximum atomic E-state index is 12.8. The van der Waals surface area contributed by atoms with Crippen molar-refractivity contribution < 1.29 is 24.2 Å². The minimum absolute atomic E-state index is 0.0707. The summed E-state index contributed by atoms with van der Waals surface area (Å²) in [5, 5.41) is 8.89. The molecule has 7 nitrogen and oxygen atoms in total. The molecule has 2 rings (SSSR count). The van der Waals surface area contributed by atoms with Crippen molar-refractivity contribution >= 4 is 30.5 Å². The molecule has 0 aliphatic heterocycles. The van der Waals surface area contributed by atoms with Crippen LogP contribution in [0.1, 0.15) is 32.1 Å². The van der Waals surface area contributed by atoms with Crippen LogP contribution in [0.2, 0.25) is 0 Å². The van der Waals surface area contributed by atoms with Crippen molar-refractivity contribution in [2.45, 2.75) is 50.2 Å². The lowest BCUT2D eigenvalue weighted by Gasteiger charge is -2.38. The third-order valence-electron chi connectivity index (χ3n) is 4.48. The van der Waals surface area contributed by atoms with Crippen molar-refractivity contribution in [3.05, 3.63) is 0 Å². The molecule has 0 spiro atoms. The third-order valence-corrected chi connectivity index (χ3v) is 4.83. The number of carboxylic acids is 1. The number of esters is 1. The Balaban J connectivity index is 2.27. The number of ether oxygens (including phenoxy) is 1. The zero-order valence-corrected chi connectivity index (χ0v) is 14.1. The summed E-state index contributed by atoms with van der Waals surface area (Å²) in [6.07, 6.45) is 3.59. The maximum Gasteiger partial charge on any atom is 0.329 e. The Labute approximate surface area is 140 Å². The Kier molecular flexibility index (Phi) is 5.91. The largest absolute Gasteiger partial charge is 0.481 e. The molecule has 2 aliphatic carbocycles. The molecule has 2 atom stereocenters. The van der Waals surface area contributed by atoms with Gasteiger partial charge in [-0.15, -0.1) is 0 Å². The van der Waals surface area contributed by atoms with Crippen LogP contribution in [0.5, 0.6) is 0 Å².